The van der Waals surface area contributed by atoms with Gasteiger partial charge in [-0.1, -0.05) is 6.07 Å². The van der Waals surface area contributed by atoms with Crippen LogP contribution in [0.5, 0.6) is 11.5 Å². The summed E-state index contributed by atoms with van der Waals surface area (Å²) in [6.07, 6.45) is 4.08. The molecule has 1 aromatic rings. The Kier molecular flexibility index (Phi) is 3.02. The van der Waals surface area contributed by atoms with Gasteiger partial charge < -0.3 is 20.1 Å². The van der Waals surface area contributed by atoms with E-state index < -0.39 is 5.54 Å². The average Bonchev–Trinajstić information content (AvgIpc) is 3.11. The summed E-state index contributed by atoms with van der Waals surface area (Å²) in [6.45, 7) is 3.38. The minimum Gasteiger partial charge on any atom is -0.454 e. The smallest absolute Gasteiger partial charge is 0.242 e. The van der Waals surface area contributed by atoms with Gasteiger partial charge in [0.2, 0.25) is 12.7 Å². The van der Waals surface area contributed by atoms with E-state index in [-0.39, 0.29) is 5.91 Å². The zero-order valence-corrected chi connectivity index (χ0v) is 14.9. The van der Waals surface area contributed by atoms with Crippen LogP contribution >= 0.6 is 0 Å². The van der Waals surface area contributed by atoms with Gasteiger partial charge in [0, 0.05) is 18.5 Å². The lowest BCUT2D eigenvalue weighted by atomic mass is 9.75. The number of carbonyl (C=O) groups is 1. The Morgan fingerprint density at radius 2 is 1.88 bits per heavy atom. The van der Waals surface area contributed by atoms with Crippen molar-refractivity contribution in [3.63, 3.8) is 0 Å². The van der Waals surface area contributed by atoms with Crippen molar-refractivity contribution in [2.24, 2.45) is 11.7 Å². The van der Waals surface area contributed by atoms with Crippen LogP contribution in [0.2, 0.25) is 0 Å². The van der Waals surface area contributed by atoms with Crippen molar-refractivity contribution in [2.75, 3.05) is 26.4 Å². The number of amides is 1. The van der Waals surface area contributed by atoms with E-state index in [1.54, 1.807) is 0 Å². The molecule has 6 heteroatoms. The summed E-state index contributed by atoms with van der Waals surface area (Å²) in [7, 11) is 0. The Morgan fingerprint density at radius 3 is 2.65 bits per heavy atom. The number of nitrogens with two attached hydrogens (primary N) is 1. The largest absolute Gasteiger partial charge is 0.454 e. The summed E-state index contributed by atoms with van der Waals surface area (Å²) in [5, 5.41) is 0. The van der Waals surface area contributed by atoms with Crippen molar-refractivity contribution in [1.29, 1.82) is 0 Å². The molecule has 1 aliphatic carbocycles. The average molecular weight is 355 g/mol. The molecule has 6 aliphatic rings. The highest BCUT2D eigenvalue weighted by molar-refractivity contribution is 5.90. The monoisotopic (exact) mass is 355 g/mol. The molecular formula is C20H25N3O3. The summed E-state index contributed by atoms with van der Waals surface area (Å²) < 4.78 is 11.1. The van der Waals surface area contributed by atoms with Gasteiger partial charge in [-0.05, 0) is 62.4 Å². The van der Waals surface area contributed by atoms with Gasteiger partial charge in [-0.3, -0.25) is 9.69 Å². The number of carbonyl (C=O) groups excluding carboxylic acids is 1. The van der Waals surface area contributed by atoms with Crippen LogP contribution in [-0.4, -0.2) is 59.8 Å². The lowest BCUT2D eigenvalue weighted by Gasteiger charge is -2.51. The molecule has 2 N–H and O–H groups in total. The van der Waals surface area contributed by atoms with E-state index in [9.17, 15) is 4.79 Å². The van der Waals surface area contributed by atoms with E-state index in [2.05, 4.69) is 21.9 Å². The zero-order chi connectivity index (χ0) is 17.5. The fourth-order valence-electron chi connectivity index (χ4n) is 5.73. The molecule has 2 bridgehead atoms. The Hall–Kier alpha value is -1.79. The van der Waals surface area contributed by atoms with E-state index in [1.807, 2.05) is 6.07 Å². The maximum atomic E-state index is 13.2. The molecule has 5 heterocycles. The predicted octanol–water partition coefficient (Wildman–Crippen LogP) is 1.30. The molecule has 3 atom stereocenters. The molecule has 1 amide bonds. The van der Waals surface area contributed by atoms with E-state index in [4.69, 9.17) is 15.2 Å². The molecule has 1 saturated carbocycles. The summed E-state index contributed by atoms with van der Waals surface area (Å²) in [5.41, 5.74) is 6.98. The molecule has 7 rings (SSSR count). The number of rotatable bonds is 2. The number of benzene rings is 1. The number of hydrogen-bond acceptors (Lipinski definition) is 5. The molecular weight excluding hydrogens is 330 g/mol. The van der Waals surface area contributed by atoms with Crippen molar-refractivity contribution >= 4 is 5.91 Å². The first-order valence-corrected chi connectivity index (χ1v) is 9.88. The Labute approximate surface area is 153 Å². The third-order valence-electron chi connectivity index (χ3n) is 7.29. The van der Waals surface area contributed by atoms with Gasteiger partial charge in [0.1, 0.15) is 0 Å². The quantitative estimate of drug-likeness (QED) is 0.866. The van der Waals surface area contributed by atoms with Crippen molar-refractivity contribution < 1.29 is 14.3 Å². The van der Waals surface area contributed by atoms with Gasteiger partial charge >= 0.3 is 0 Å². The van der Waals surface area contributed by atoms with Crippen LogP contribution in [0.4, 0.5) is 0 Å². The maximum absolute atomic E-state index is 13.2. The molecule has 4 saturated heterocycles. The fraction of sp³-hybridized carbons (Fsp3) is 0.650. The Bertz CT molecular complexity index is 770. The predicted molar refractivity (Wildman–Crippen MR) is 95.0 cm³/mol. The van der Waals surface area contributed by atoms with Gasteiger partial charge in [-0.25, -0.2) is 0 Å². The van der Waals surface area contributed by atoms with E-state index in [0.717, 1.165) is 44.0 Å². The molecule has 6 nitrogen and oxygen atoms in total. The van der Waals surface area contributed by atoms with Crippen LogP contribution in [0.15, 0.2) is 18.2 Å². The van der Waals surface area contributed by atoms with E-state index in [0.29, 0.717) is 30.7 Å². The Morgan fingerprint density at radius 1 is 1.12 bits per heavy atom. The highest BCUT2D eigenvalue weighted by Gasteiger charge is 2.58. The fourth-order valence-corrected chi connectivity index (χ4v) is 5.73. The van der Waals surface area contributed by atoms with Gasteiger partial charge in [-0.15, -0.1) is 0 Å². The molecule has 26 heavy (non-hydrogen) atoms. The number of likely N-dealkylation sites (tertiary alicyclic amines) is 1. The van der Waals surface area contributed by atoms with Crippen molar-refractivity contribution in [3.05, 3.63) is 23.8 Å². The van der Waals surface area contributed by atoms with Crippen molar-refractivity contribution in [3.8, 4) is 11.5 Å². The normalized spacial score (nSPS) is 38.3. The zero-order valence-electron chi connectivity index (χ0n) is 14.9. The first-order chi connectivity index (χ1) is 12.6. The van der Waals surface area contributed by atoms with E-state index in [1.165, 1.54) is 18.4 Å². The highest BCUT2D eigenvalue weighted by Crippen LogP contribution is 2.49. The summed E-state index contributed by atoms with van der Waals surface area (Å²) in [5.74, 6) is 2.78. The second-order valence-corrected chi connectivity index (χ2v) is 8.69. The number of hydrogen-bond donors (Lipinski definition) is 1. The number of ether oxygens (including phenoxy) is 2. The number of fused-ring (bicyclic) bond motifs is 3. The van der Waals surface area contributed by atoms with Crippen molar-refractivity contribution in [2.45, 2.75) is 49.2 Å². The van der Waals surface area contributed by atoms with Gasteiger partial charge in [0.25, 0.3) is 0 Å². The number of piperidine rings is 3. The molecule has 1 aromatic carbocycles. The molecule has 0 aromatic heterocycles. The third kappa shape index (κ3) is 2.03. The topological polar surface area (TPSA) is 68.0 Å². The first-order valence-electron chi connectivity index (χ1n) is 9.88. The third-order valence-corrected chi connectivity index (χ3v) is 7.29. The molecule has 5 fully saturated rings. The summed E-state index contributed by atoms with van der Waals surface area (Å²) >= 11 is 0. The van der Waals surface area contributed by atoms with Crippen LogP contribution in [0, 0.1) is 5.92 Å². The minimum absolute atomic E-state index is 0.185. The van der Waals surface area contributed by atoms with Crippen LogP contribution in [0.25, 0.3) is 0 Å². The van der Waals surface area contributed by atoms with Crippen LogP contribution < -0.4 is 15.2 Å². The lowest BCUT2D eigenvalue weighted by molar-refractivity contribution is -0.138. The first kappa shape index (κ1) is 15.3. The standard InChI is InChI=1S/C20H25N3O3/c21-20(5-6-20)19(24)23-10-14(13-1-2-15-16(9-13)26-11-25-15)18-17(23)12-3-7-22(18)8-4-12/h1-2,9,12,14,17-18H,3-8,10-11,21H2/t14-,17+,18+/m0/s1. The van der Waals surface area contributed by atoms with Gasteiger partial charge in [0.15, 0.2) is 11.5 Å². The Balaban J connectivity index is 1.39. The molecule has 138 valence electrons. The van der Waals surface area contributed by atoms with E-state index >= 15 is 0 Å². The molecule has 0 unspecified atom stereocenters. The second-order valence-electron chi connectivity index (χ2n) is 8.69. The highest BCUT2D eigenvalue weighted by atomic mass is 16.7. The maximum Gasteiger partial charge on any atom is 0.242 e. The second kappa shape index (κ2) is 5.14. The summed E-state index contributed by atoms with van der Waals surface area (Å²) in [4.78, 5) is 17.9. The van der Waals surface area contributed by atoms with Crippen LogP contribution in [0.3, 0.4) is 0 Å². The van der Waals surface area contributed by atoms with Crippen LogP contribution in [0.1, 0.15) is 37.2 Å². The molecule has 5 aliphatic heterocycles. The molecule has 0 radical (unpaired) electrons. The SMILES string of the molecule is NC1(C(=O)N2C[C@@H](c3ccc4c(c3)OCO4)[C@@H]3[C@H]2C2CCN3CC2)CC1. The number of nitrogens with zero attached hydrogens (tertiary/aromatic N) is 2. The van der Waals surface area contributed by atoms with Gasteiger partial charge in [0.05, 0.1) is 11.6 Å². The molecule has 0 spiro atoms. The van der Waals surface area contributed by atoms with Crippen LogP contribution in [-0.2, 0) is 4.79 Å². The minimum atomic E-state index is -0.583. The van der Waals surface area contributed by atoms with Crippen molar-refractivity contribution in [1.82, 2.24) is 9.80 Å². The lowest BCUT2D eigenvalue weighted by Crippen LogP contribution is -2.62. The van der Waals surface area contributed by atoms with Gasteiger partial charge in [-0.2, -0.15) is 0 Å². The summed E-state index contributed by atoms with van der Waals surface area (Å²) in [6, 6.07) is 7.02.